The van der Waals surface area contributed by atoms with Crippen molar-refractivity contribution in [1.82, 2.24) is 15.2 Å². The van der Waals surface area contributed by atoms with E-state index < -0.39 is 0 Å². The molecule has 82 valence electrons. The van der Waals surface area contributed by atoms with Crippen molar-refractivity contribution in [1.29, 1.82) is 0 Å². The number of halogens is 1. The van der Waals surface area contributed by atoms with E-state index in [0.717, 1.165) is 24.5 Å². The predicted molar refractivity (Wildman–Crippen MR) is 62.5 cm³/mol. The fourth-order valence-electron chi connectivity index (χ4n) is 2.35. The topological polar surface area (TPSA) is 41.6 Å². The van der Waals surface area contributed by atoms with Crippen molar-refractivity contribution in [3.05, 3.63) is 47.0 Å². The van der Waals surface area contributed by atoms with E-state index in [4.69, 9.17) is 11.6 Å². The van der Waals surface area contributed by atoms with E-state index in [1.807, 2.05) is 0 Å². The molecule has 0 fully saturated rings. The molecule has 1 aromatic carbocycles. The van der Waals surface area contributed by atoms with E-state index in [1.54, 1.807) is 0 Å². The fourth-order valence-corrected chi connectivity index (χ4v) is 2.47. The zero-order chi connectivity index (χ0) is 11.0. The van der Waals surface area contributed by atoms with Gasteiger partial charge in [-0.1, -0.05) is 24.3 Å². The van der Waals surface area contributed by atoms with Gasteiger partial charge in [-0.25, -0.2) is 4.98 Å². The van der Waals surface area contributed by atoms with E-state index >= 15 is 0 Å². The van der Waals surface area contributed by atoms with Crippen LogP contribution in [0.3, 0.4) is 0 Å². The summed E-state index contributed by atoms with van der Waals surface area (Å²) in [6.07, 6.45) is 2.21. The average molecular weight is 234 g/mol. The largest absolute Gasteiger partial charge is 0.262 e. The molecule has 1 heterocycles. The molecule has 0 aliphatic heterocycles. The van der Waals surface area contributed by atoms with Crippen molar-refractivity contribution in [2.75, 3.05) is 0 Å². The number of aromatic amines is 1. The van der Waals surface area contributed by atoms with Crippen LogP contribution in [0.25, 0.3) is 0 Å². The fraction of sp³-hybridized carbons (Fsp3) is 0.333. The molecule has 3 rings (SSSR count). The third-order valence-electron chi connectivity index (χ3n) is 3.12. The van der Waals surface area contributed by atoms with Gasteiger partial charge < -0.3 is 0 Å². The van der Waals surface area contributed by atoms with Gasteiger partial charge >= 0.3 is 0 Å². The van der Waals surface area contributed by atoms with Crippen LogP contribution in [0.2, 0.25) is 0 Å². The van der Waals surface area contributed by atoms with Crippen LogP contribution in [-0.4, -0.2) is 15.2 Å². The van der Waals surface area contributed by atoms with Crippen LogP contribution >= 0.6 is 11.6 Å². The van der Waals surface area contributed by atoms with Crippen LogP contribution in [0.4, 0.5) is 0 Å². The molecule has 0 spiro atoms. The summed E-state index contributed by atoms with van der Waals surface area (Å²) in [4.78, 5) is 4.41. The molecule has 1 atom stereocenters. The van der Waals surface area contributed by atoms with E-state index in [9.17, 15) is 0 Å². The van der Waals surface area contributed by atoms with Gasteiger partial charge in [0, 0.05) is 5.92 Å². The quantitative estimate of drug-likeness (QED) is 0.811. The molecule has 1 aliphatic rings. The minimum absolute atomic E-state index is 0.337. The Morgan fingerprint density at radius 3 is 3.06 bits per heavy atom. The van der Waals surface area contributed by atoms with Crippen molar-refractivity contribution in [3.8, 4) is 0 Å². The van der Waals surface area contributed by atoms with Crippen molar-refractivity contribution in [3.63, 3.8) is 0 Å². The lowest BCUT2D eigenvalue weighted by molar-refractivity contribution is 0.733. The summed E-state index contributed by atoms with van der Waals surface area (Å²) in [5.74, 6) is 2.35. The van der Waals surface area contributed by atoms with Gasteiger partial charge in [0.05, 0.1) is 5.88 Å². The molecule has 2 aromatic rings. The van der Waals surface area contributed by atoms with Gasteiger partial charge in [0.25, 0.3) is 0 Å². The molecule has 16 heavy (non-hydrogen) atoms. The number of aryl methyl sites for hydroxylation is 1. The smallest absolute Gasteiger partial charge is 0.158 e. The standard InChI is InChI=1S/C12H12ClN3/c13-7-11-14-12(16-15-11)10-6-5-8-3-1-2-4-9(8)10/h1-4,10H,5-7H2,(H,14,15,16). The minimum Gasteiger partial charge on any atom is -0.262 e. The highest BCUT2D eigenvalue weighted by Crippen LogP contribution is 2.36. The first-order valence-corrected chi connectivity index (χ1v) is 5.97. The molecule has 0 saturated carbocycles. The molecule has 0 saturated heterocycles. The summed E-state index contributed by atoms with van der Waals surface area (Å²) in [7, 11) is 0. The van der Waals surface area contributed by atoms with Gasteiger partial charge in [-0.2, -0.15) is 5.10 Å². The number of alkyl halides is 1. The maximum Gasteiger partial charge on any atom is 0.158 e. The number of hydrogen-bond acceptors (Lipinski definition) is 2. The molecule has 0 bridgehead atoms. The number of hydrogen-bond donors (Lipinski definition) is 1. The number of nitrogens with one attached hydrogen (secondary N) is 1. The molecular formula is C12H12ClN3. The van der Waals surface area contributed by atoms with Crippen molar-refractivity contribution >= 4 is 11.6 Å². The molecule has 3 nitrogen and oxygen atoms in total. The van der Waals surface area contributed by atoms with Crippen LogP contribution < -0.4 is 0 Å². The highest BCUT2D eigenvalue weighted by atomic mass is 35.5. The van der Waals surface area contributed by atoms with Crippen LogP contribution in [0.5, 0.6) is 0 Å². The minimum atomic E-state index is 0.337. The Hall–Kier alpha value is -1.35. The maximum atomic E-state index is 5.71. The van der Waals surface area contributed by atoms with Crippen LogP contribution in [-0.2, 0) is 12.3 Å². The third-order valence-corrected chi connectivity index (χ3v) is 3.37. The highest BCUT2D eigenvalue weighted by molar-refractivity contribution is 6.16. The molecule has 1 aromatic heterocycles. The van der Waals surface area contributed by atoms with E-state index in [1.165, 1.54) is 11.1 Å². The molecule has 0 amide bonds. The van der Waals surface area contributed by atoms with E-state index in [-0.39, 0.29) is 0 Å². The molecule has 1 aliphatic carbocycles. The zero-order valence-electron chi connectivity index (χ0n) is 8.78. The molecular weight excluding hydrogens is 222 g/mol. The Labute approximate surface area is 98.9 Å². The first kappa shape index (κ1) is 9.85. The monoisotopic (exact) mass is 233 g/mol. The number of nitrogens with zero attached hydrogens (tertiary/aromatic N) is 2. The highest BCUT2D eigenvalue weighted by Gasteiger charge is 2.26. The number of H-pyrrole nitrogens is 1. The number of rotatable bonds is 2. The first-order chi connectivity index (χ1) is 7.88. The van der Waals surface area contributed by atoms with Crippen LogP contribution in [0, 0.1) is 0 Å². The Morgan fingerprint density at radius 1 is 1.38 bits per heavy atom. The SMILES string of the molecule is ClCc1nc(C2CCc3ccccc32)n[nH]1. The first-order valence-electron chi connectivity index (χ1n) is 5.43. The van der Waals surface area contributed by atoms with E-state index in [2.05, 4.69) is 39.4 Å². The third kappa shape index (κ3) is 1.52. The van der Waals surface area contributed by atoms with Gasteiger partial charge in [-0.15, -0.1) is 11.6 Å². The second-order valence-electron chi connectivity index (χ2n) is 4.06. The number of aromatic nitrogens is 3. The van der Waals surface area contributed by atoms with Crippen molar-refractivity contribution in [2.45, 2.75) is 24.6 Å². The van der Waals surface area contributed by atoms with Gasteiger partial charge in [0.1, 0.15) is 5.82 Å². The summed E-state index contributed by atoms with van der Waals surface area (Å²) in [5, 5.41) is 7.12. The van der Waals surface area contributed by atoms with E-state index in [0.29, 0.717) is 11.8 Å². The molecule has 0 radical (unpaired) electrons. The summed E-state index contributed by atoms with van der Waals surface area (Å²) in [6.45, 7) is 0. The van der Waals surface area contributed by atoms with Crippen LogP contribution in [0.15, 0.2) is 24.3 Å². The van der Waals surface area contributed by atoms with Gasteiger partial charge in [-0.3, -0.25) is 5.10 Å². The predicted octanol–water partition coefficient (Wildman–Crippen LogP) is 2.62. The second kappa shape index (κ2) is 3.91. The maximum absolute atomic E-state index is 5.71. The summed E-state index contributed by atoms with van der Waals surface area (Å²) in [5.41, 5.74) is 2.78. The Balaban J connectivity index is 1.98. The summed E-state index contributed by atoms with van der Waals surface area (Å²) >= 11 is 5.71. The Kier molecular flexibility index (Phi) is 2.40. The average Bonchev–Trinajstić information content (AvgIpc) is 2.94. The van der Waals surface area contributed by atoms with Crippen molar-refractivity contribution < 1.29 is 0 Å². The lowest BCUT2D eigenvalue weighted by atomic mass is 10.0. The summed E-state index contributed by atoms with van der Waals surface area (Å²) < 4.78 is 0. The molecule has 1 N–H and O–H groups in total. The van der Waals surface area contributed by atoms with Gasteiger partial charge in [0.15, 0.2) is 5.82 Å². The Morgan fingerprint density at radius 2 is 2.25 bits per heavy atom. The lowest BCUT2D eigenvalue weighted by Crippen LogP contribution is -1.98. The van der Waals surface area contributed by atoms with Crippen molar-refractivity contribution in [2.24, 2.45) is 0 Å². The van der Waals surface area contributed by atoms with Gasteiger partial charge in [-0.05, 0) is 24.0 Å². The summed E-state index contributed by atoms with van der Waals surface area (Å²) in [6, 6.07) is 8.52. The lowest BCUT2D eigenvalue weighted by Gasteiger charge is -2.05. The number of benzene rings is 1. The molecule has 1 unspecified atom stereocenters. The molecule has 4 heteroatoms. The zero-order valence-corrected chi connectivity index (χ0v) is 9.54. The Bertz CT molecular complexity index is 506. The normalized spacial score (nSPS) is 18.7. The van der Waals surface area contributed by atoms with Crippen LogP contribution in [0.1, 0.15) is 35.1 Å². The van der Waals surface area contributed by atoms with Gasteiger partial charge in [0.2, 0.25) is 0 Å². The number of fused-ring (bicyclic) bond motifs is 1. The second-order valence-corrected chi connectivity index (χ2v) is 4.33.